The van der Waals surface area contributed by atoms with Crippen LogP contribution in [0.3, 0.4) is 0 Å². The maximum absolute atomic E-state index is 11.4. The third-order valence-electron chi connectivity index (χ3n) is 2.01. The standard InChI is InChI=1S/C10H13N3O2S2/c1-6-2-3-17-7(6)4-12-9(14)10(15)13-5-8(11)16/h2-3H,4-5H2,1H3,(H2,11,16)(H,12,14)(H,13,15). The first-order valence-electron chi connectivity index (χ1n) is 4.88. The summed E-state index contributed by atoms with van der Waals surface area (Å²) in [6.45, 7) is 2.33. The molecule has 0 saturated heterocycles. The molecule has 0 aliphatic carbocycles. The fourth-order valence-electron chi connectivity index (χ4n) is 1.07. The van der Waals surface area contributed by atoms with Gasteiger partial charge in [0.05, 0.1) is 18.1 Å². The summed E-state index contributed by atoms with van der Waals surface area (Å²) in [6, 6.07) is 1.96. The molecule has 0 atom stereocenters. The fraction of sp³-hybridized carbons (Fsp3) is 0.300. The van der Waals surface area contributed by atoms with Gasteiger partial charge in [-0.15, -0.1) is 11.3 Å². The van der Waals surface area contributed by atoms with E-state index in [2.05, 4.69) is 22.9 Å². The molecular weight excluding hydrogens is 258 g/mol. The molecule has 0 aliphatic heterocycles. The number of nitrogens with one attached hydrogen (secondary N) is 2. The number of carbonyl (C=O) groups excluding carboxylic acids is 2. The molecule has 1 heterocycles. The van der Waals surface area contributed by atoms with E-state index < -0.39 is 11.8 Å². The zero-order chi connectivity index (χ0) is 12.8. The Labute approximate surface area is 108 Å². The van der Waals surface area contributed by atoms with Gasteiger partial charge < -0.3 is 16.4 Å². The second kappa shape index (κ2) is 6.31. The largest absolute Gasteiger partial charge is 0.392 e. The molecule has 1 aromatic rings. The summed E-state index contributed by atoms with van der Waals surface area (Å²) in [4.78, 5) is 23.8. The van der Waals surface area contributed by atoms with Crippen molar-refractivity contribution in [3.63, 3.8) is 0 Å². The SMILES string of the molecule is Cc1ccsc1CNC(=O)C(=O)NCC(N)=S. The van der Waals surface area contributed by atoms with E-state index in [9.17, 15) is 9.59 Å². The van der Waals surface area contributed by atoms with Crippen LogP contribution in [0.5, 0.6) is 0 Å². The summed E-state index contributed by atoms with van der Waals surface area (Å²) in [5.74, 6) is -1.42. The van der Waals surface area contributed by atoms with Crippen molar-refractivity contribution in [3.05, 3.63) is 21.9 Å². The second-order valence-electron chi connectivity index (χ2n) is 3.36. The van der Waals surface area contributed by atoms with E-state index in [0.29, 0.717) is 6.54 Å². The topological polar surface area (TPSA) is 84.2 Å². The molecule has 0 aromatic carbocycles. The van der Waals surface area contributed by atoms with Crippen molar-refractivity contribution in [3.8, 4) is 0 Å². The summed E-state index contributed by atoms with van der Waals surface area (Å²) in [7, 11) is 0. The molecule has 4 N–H and O–H groups in total. The van der Waals surface area contributed by atoms with Crippen LogP contribution in [-0.2, 0) is 16.1 Å². The van der Waals surface area contributed by atoms with Gasteiger partial charge in [-0.3, -0.25) is 9.59 Å². The number of thiophene rings is 1. The zero-order valence-electron chi connectivity index (χ0n) is 9.28. The average Bonchev–Trinajstić information content (AvgIpc) is 2.68. The first-order chi connectivity index (χ1) is 8.00. The third-order valence-corrected chi connectivity index (χ3v) is 3.17. The Bertz CT molecular complexity index is 443. The fourth-order valence-corrected chi connectivity index (χ4v) is 1.99. The summed E-state index contributed by atoms with van der Waals surface area (Å²) < 4.78 is 0. The Morgan fingerprint density at radius 3 is 2.59 bits per heavy atom. The number of amides is 2. The molecule has 1 rings (SSSR count). The highest BCUT2D eigenvalue weighted by atomic mass is 32.1. The molecule has 0 fully saturated rings. The van der Waals surface area contributed by atoms with Crippen LogP contribution in [0.25, 0.3) is 0 Å². The number of carbonyl (C=O) groups is 2. The third kappa shape index (κ3) is 4.49. The molecule has 92 valence electrons. The van der Waals surface area contributed by atoms with Gasteiger partial charge in [0.2, 0.25) is 0 Å². The van der Waals surface area contributed by atoms with Crippen molar-refractivity contribution in [2.75, 3.05) is 6.54 Å². The Morgan fingerprint density at radius 1 is 1.41 bits per heavy atom. The van der Waals surface area contributed by atoms with E-state index in [1.807, 2.05) is 18.4 Å². The molecular formula is C10H13N3O2S2. The Morgan fingerprint density at radius 2 is 2.06 bits per heavy atom. The van der Waals surface area contributed by atoms with Gasteiger partial charge in [-0.25, -0.2) is 0 Å². The molecule has 1 aromatic heterocycles. The molecule has 0 aliphatic rings. The van der Waals surface area contributed by atoms with Crippen LogP contribution in [0.2, 0.25) is 0 Å². The number of nitrogens with two attached hydrogens (primary N) is 1. The minimum atomic E-state index is -0.730. The first kappa shape index (κ1) is 13.6. The Balaban J connectivity index is 2.37. The molecule has 2 amide bonds. The summed E-state index contributed by atoms with van der Waals surface area (Å²) in [6.07, 6.45) is 0. The molecule has 0 saturated carbocycles. The lowest BCUT2D eigenvalue weighted by Gasteiger charge is -2.05. The highest BCUT2D eigenvalue weighted by Crippen LogP contribution is 2.14. The monoisotopic (exact) mass is 271 g/mol. The number of hydrogen-bond donors (Lipinski definition) is 3. The van der Waals surface area contributed by atoms with Gasteiger partial charge in [-0.05, 0) is 23.9 Å². The lowest BCUT2D eigenvalue weighted by Crippen LogP contribution is -2.42. The van der Waals surface area contributed by atoms with E-state index in [1.165, 1.54) is 11.3 Å². The van der Waals surface area contributed by atoms with E-state index in [1.54, 1.807) is 0 Å². The number of thiocarbonyl (C=S) groups is 1. The van der Waals surface area contributed by atoms with Crippen molar-refractivity contribution < 1.29 is 9.59 Å². The van der Waals surface area contributed by atoms with E-state index in [-0.39, 0.29) is 11.5 Å². The molecule has 0 spiro atoms. The van der Waals surface area contributed by atoms with Crippen molar-refractivity contribution in [1.82, 2.24) is 10.6 Å². The van der Waals surface area contributed by atoms with E-state index in [0.717, 1.165) is 10.4 Å². The maximum atomic E-state index is 11.4. The predicted molar refractivity (Wildman–Crippen MR) is 70.7 cm³/mol. The van der Waals surface area contributed by atoms with Crippen molar-refractivity contribution in [2.24, 2.45) is 5.73 Å². The maximum Gasteiger partial charge on any atom is 0.309 e. The Hall–Kier alpha value is -1.47. The van der Waals surface area contributed by atoms with Crippen LogP contribution in [0.4, 0.5) is 0 Å². The van der Waals surface area contributed by atoms with Gasteiger partial charge in [-0.2, -0.15) is 0 Å². The lowest BCUT2D eigenvalue weighted by atomic mass is 10.3. The smallest absolute Gasteiger partial charge is 0.309 e. The van der Waals surface area contributed by atoms with Gasteiger partial charge in [0.1, 0.15) is 0 Å². The minimum Gasteiger partial charge on any atom is -0.392 e. The van der Waals surface area contributed by atoms with Gasteiger partial charge in [0, 0.05) is 4.88 Å². The summed E-state index contributed by atoms with van der Waals surface area (Å²) in [5.41, 5.74) is 6.29. The molecule has 0 bridgehead atoms. The highest BCUT2D eigenvalue weighted by Gasteiger charge is 2.13. The van der Waals surface area contributed by atoms with Crippen molar-refractivity contribution in [2.45, 2.75) is 13.5 Å². The van der Waals surface area contributed by atoms with Crippen LogP contribution in [0.1, 0.15) is 10.4 Å². The molecule has 0 radical (unpaired) electrons. The Kier molecular flexibility index (Phi) is 5.05. The minimum absolute atomic E-state index is 0.0274. The van der Waals surface area contributed by atoms with E-state index >= 15 is 0 Å². The molecule has 17 heavy (non-hydrogen) atoms. The summed E-state index contributed by atoms with van der Waals surface area (Å²) in [5, 5.41) is 6.77. The van der Waals surface area contributed by atoms with Gasteiger partial charge in [-0.1, -0.05) is 12.2 Å². The number of aryl methyl sites for hydroxylation is 1. The second-order valence-corrected chi connectivity index (χ2v) is 4.88. The molecule has 5 nitrogen and oxygen atoms in total. The highest BCUT2D eigenvalue weighted by molar-refractivity contribution is 7.80. The van der Waals surface area contributed by atoms with Crippen molar-refractivity contribution >= 4 is 40.4 Å². The van der Waals surface area contributed by atoms with Crippen LogP contribution in [0.15, 0.2) is 11.4 Å². The van der Waals surface area contributed by atoms with Gasteiger partial charge in [0.25, 0.3) is 0 Å². The molecule has 7 heteroatoms. The normalized spacial score (nSPS) is 9.71. The van der Waals surface area contributed by atoms with Crippen LogP contribution < -0.4 is 16.4 Å². The predicted octanol–water partition coefficient (Wildman–Crippen LogP) is 0.0750. The van der Waals surface area contributed by atoms with Crippen LogP contribution in [-0.4, -0.2) is 23.3 Å². The number of hydrogen-bond acceptors (Lipinski definition) is 4. The van der Waals surface area contributed by atoms with Crippen molar-refractivity contribution in [1.29, 1.82) is 0 Å². The quantitative estimate of drug-likeness (QED) is 0.535. The van der Waals surface area contributed by atoms with Gasteiger partial charge in [0.15, 0.2) is 0 Å². The first-order valence-corrected chi connectivity index (χ1v) is 6.16. The average molecular weight is 271 g/mol. The van der Waals surface area contributed by atoms with Crippen LogP contribution in [0, 0.1) is 6.92 Å². The van der Waals surface area contributed by atoms with Crippen LogP contribution >= 0.6 is 23.6 Å². The lowest BCUT2D eigenvalue weighted by molar-refractivity contribution is -0.139. The number of rotatable bonds is 4. The summed E-state index contributed by atoms with van der Waals surface area (Å²) >= 11 is 6.11. The zero-order valence-corrected chi connectivity index (χ0v) is 10.9. The van der Waals surface area contributed by atoms with Gasteiger partial charge >= 0.3 is 11.8 Å². The molecule has 0 unspecified atom stereocenters. The van der Waals surface area contributed by atoms with E-state index in [4.69, 9.17) is 5.73 Å².